The number of carbonyl (C=O) groups is 1. The number of aryl methyl sites for hydroxylation is 1. The Bertz CT molecular complexity index is 1030. The smallest absolute Gasteiger partial charge is 0.289 e. The Balaban J connectivity index is 1.78. The first-order chi connectivity index (χ1) is 13.2. The summed E-state index contributed by atoms with van der Waals surface area (Å²) in [6, 6.07) is 10.8. The van der Waals surface area contributed by atoms with Gasteiger partial charge in [0.05, 0.1) is 4.92 Å². The van der Waals surface area contributed by atoms with Crippen LogP contribution >= 0.6 is 0 Å². The van der Waals surface area contributed by atoms with E-state index < -0.39 is 20.6 Å². The third-order valence-electron chi connectivity index (χ3n) is 5.04. The first-order valence-corrected chi connectivity index (χ1v) is 10.3. The van der Waals surface area contributed by atoms with Gasteiger partial charge in [0.1, 0.15) is 0 Å². The molecule has 28 heavy (non-hydrogen) atoms. The number of para-hydroxylation sites is 1. The van der Waals surface area contributed by atoms with Gasteiger partial charge in [-0.15, -0.1) is 0 Å². The van der Waals surface area contributed by atoms with Gasteiger partial charge in [0, 0.05) is 37.8 Å². The highest BCUT2D eigenvalue weighted by Crippen LogP contribution is 2.27. The number of hydrogen-bond acceptors (Lipinski definition) is 5. The minimum absolute atomic E-state index is 0.0883. The van der Waals surface area contributed by atoms with Gasteiger partial charge in [-0.3, -0.25) is 14.9 Å². The summed E-state index contributed by atoms with van der Waals surface area (Å²) in [5.41, 5.74) is 2.08. The van der Waals surface area contributed by atoms with Gasteiger partial charge in [-0.05, 0) is 37.1 Å². The molecule has 2 aromatic rings. The second-order valence-corrected chi connectivity index (χ2v) is 8.57. The van der Waals surface area contributed by atoms with Crippen molar-refractivity contribution >= 4 is 21.6 Å². The minimum atomic E-state index is -4.01. The predicted octanol–water partition coefficient (Wildman–Crippen LogP) is 2.36. The van der Waals surface area contributed by atoms with Crippen molar-refractivity contribution in [2.24, 2.45) is 0 Å². The summed E-state index contributed by atoms with van der Waals surface area (Å²) in [5, 5.41) is 11.2. The minimum Gasteiger partial charge on any atom is -0.336 e. The maximum absolute atomic E-state index is 12.9. The number of nitro groups is 1. The molecule has 0 unspecified atom stereocenters. The van der Waals surface area contributed by atoms with E-state index >= 15 is 0 Å². The van der Waals surface area contributed by atoms with Crippen LogP contribution in [0.25, 0.3) is 0 Å². The summed E-state index contributed by atoms with van der Waals surface area (Å²) in [7, 11) is -4.01. The summed E-state index contributed by atoms with van der Waals surface area (Å²) in [4.78, 5) is 24.6. The Kier molecular flexibility index (Phi) is 5.48. The lowest BCUT2D eigenvalue weighted by atomic mass is 10.0. The molecule has 0 radical (unpaired) electrons. The van der Waals surface area contributed by atoms with Gasteiger partial charge in [-0.25, -0.2) is 8.42 Å². The van der Waals surface area contributed by atoms with Crippen LogP contribution in [0, 0.1) is 24.0 Å². The largest absolute Gasteiger partial charge is 0.336 e. The van der Waals surface area contributed by atoms with Crippen molar-refractivity contribution in [3.63, 3.8) is 0 Å². The third-order valence-corrected chi connectivity index (χ3v) is 6.99. The number of rotatable bonds is 4. The van der Waals surface area contributed by atoms with Gasteiger partial charge >= 0.3 is 0 Å². The van der Waals surface area contributed by atoms with Gasteiger partial charge in [0.2, 0.25) is 10.0 Å². The Morgan fingerprint density at radius 3 is 2.29 bits per heavy atom. The van der Waals surface area contributed by atoms with Gasteiger partial charge in [0.15, 0.2) is 4.90 Å². The number of amides is 1. The van der Waals surface area contributed by atoms with Crippen LogP contribution in [0.3, 0.4) is 0 Å². The van der Waals surface area contributed by atoms with Crippen molar-refractivity contribution in [1.29, 1.82) is 0 Å². The van der Waals surface area contributed by atoms with Crippen LogP contribution in [-0.4, -0.2) is 54.6 Å². The van der Waals surface area contributed by atoms with Gasteiger partial charge < -0.3 is 4.90 Å². The standard InChI is InChI=1S/C19H21N3O5S/c1-14-6-5-7-16(15(14)2)19(23)20-10-12-21(13-11-20)28(26,27)18-9-4-3-8-17(18)22(24)25/h3-9H,10-13H2,1-2H3. The zero-order chi connectivity index (χ0) is 20.5. The molecule has 1 saturated heterocycles. The SMILES string of the molecule is Cc1cccc(C(=O)N2CCN(S(=O)(=O)c3ccccc3[N+](=O)[O-])CC2)c1C. The number of benzene rings is 2. The lowest BCUT2D eigenvalue weighted by Crippen LogP contribution is -2.50. The fourth-order valence-corrected chi connectivity index (χ4v) is 4.83. The molecule has 9 heteroatoms. The van der Waals surface area contributed by atoms with Crippen molar-refractivity contribution in [1.82, 2.24) is 9.21 Å². The molecule has 0 aliphatic carbocycles. The Hall–Kier alpha value is -2.78. The van der Waals surface area contributed by atoms with Gasteiger partial charge in [-0.1, -0.05) is 24.3 Å². The monoisotopic (exact) mass is 403 g/mol. The van der Waals surface area contributed by atoms with Crippen LogP contribution in [0.1, 0.15) is 21.5 Å². The second-order valence-electron chi connectivity index (χ2n) is 6.67. The van der Waals surface area contributed by atoms with E-state index in [4.69, 9.17) is 0 Å². The molecule has 0 bridgehead atoms. The van der Waals surface area contributed by atoms with E-state index in [1.54, 1.807) is 11.0 Å². The van der Waals surface area contributed by atoms with E-state index in [0.717, 1.165) is 11.1 Å². The van der Waals surface area contributed by atoms with Crippen LogP contribution in [0.5, 0.6) is 0 Å². The van der Waals surface area contributed by atoms with Gasteiger partial charge in [0.25, 0.3) is 11.6 Å². The van der Waals surface area contributed by atoms with Crippen molar-refractivity contribution in [2.45, 2.75) is 18.7 Å². The molecule has 1 amide bonds. The average Bonchev–Trinajstić information content (AvgIpc) is 2.69. The Morgan fingerprint density at radius 1 is 1.00 bits per heavy atom. The number of nitro benzene ring substituents is 1. The third kappa shape index (κ3) is 3.63. The van der Waals surface area contributed by atoms with Crippen molar-refractivity contribution in [3.05, 3.63) is 69.3 Å². The van der Waals surface area contributed by atoms with E-state index in [0.29, 0.717) is 5.56 Å². The maximum atomic E-state index is 12.9. The van der Waals surface area contributed by atoms with Crippen molar-refractivity contribution in [2.75, 3.05) is 26.2 Å². The summed E-state index contributed by atoms with van der Waals surface area (Å²) in [5.74, 6) is -0.135. The molecule has 0 N–H and O–H groups in total. The molecular formula is C19H21N3O5S. The molecule has 0 saturated carbocycles. The maximum Gasteiger partial charge on any atom is 0.289 e. The van der Waals surface area contributed by atoms with E-state index in [-0.39, 0.29) is 37.0 Å². The average molecular weight is 403 g/mol. The molecule has 2 aromatic carbocycles. The van der Waals surface area contributed by atoms with E-state index in [1.807, 2.05) is 26.0 Å². The van der Waals surface area contributed by atoms with E-state index in [1.165, 1.54) is 28.6 Å². The molecule has 3 rings (SSSR count). The van der Waals surface area contributed by atoms with E-state index in [2.05, 4.69) is 0 Å². The summed E-state index contributed by atoms with van der Waals surface area (Å²) >= 11 is 0. The first kappa shape index (κ1) is 20.0. The number of nitrogens with zero attached hydrogens (tertiary/aromatic N) is 3. The van der Waals surface area contributed by atoms with Gasteiger partial charge in [-0.2, -0.15) is 4.31 Å². The molecule has 1 aliphatic rings. The number of hydrogen-bond donors (Lipinski definition) is 0. The molecule has 0 atom stereocenters. The Morgan fingerprint density at radius 2 is 1.64 bits per heavy atom. The topological polar surface area (TPSA) is 101 Å². The number of carbonyl (C=O) groups excluding carboxylic acids is 1. The van der Waals surface area contributed by atoms with E-state index in [9.17, 15) is 23.3 Å². The molecule has 0 aromatic heterocycles. The summed E-state index contributed by atoms with van der Waals surface area (Å²) in [6.07, 6.45) is 0. The van der Waals surface area contributed by atoms with Crippen LogP contribution < -0.4 is 0 Å². The first-order valence-electron chi connectivity index (χ1n) is 8.82. The lowest BCUT2D eigenvalue weighted by molar-refractivity contribution is -0.387. The highest BCUT2D eigenvalue weighted by Gasteiger charge is 2.34. The molecule has 0 spiro atoms. The van der Waals surface area contributed by atoms with Crippen LogP contribution in [0.15, 0.2) is 47.4 Å². The lowest BCUT2D eigenvalue weighted by Gasteiger charge is -2.34. The molecule has 1 fully saturated rings. The highest BCUT2D eigenvalue weighted by atomic mass is 32.2. The zero-order valence-corrected chi connectivity index (χ0v) is 16.5. The molecular weight excluding hydrogens is 382 g/mol. The summed E-state index contributed by atoms with van der Waals surface area (Å²) in [6.45, 7) is 4.45. The summed E-state index contributed by atoms with van der Waals surface area (Å²) < 4.78 is 26.9. The quantitative estimate of drug-likeness (QED) is 0.576. The van der Waals surface area contributed by atoms with Crippen LogP contribution in [-0.2, 0) is 10.0 Å². The van der Waals surface area contributed by atoms with Crippen molar-refractivity contribution < 1.29 is 18.1 Å². The normalized spacial score (nSPS) is 15.4. The second kappa shape index (κ2) is 7.69. The molecule has 1 aliphatic heterocycles. The number of piperazine rings is 1. The fourth-order valence-electron chi connectivity index (χ4n) is 3.25. The van der Waals surface area contributed by atoms with Crippen LogP contribution in [0.2, 0.25) is 0 Å². The Labute approximate surface area is 163 Å². The van der Waals surface area contributed by atoms with Crippen molar-refractivity contribution in [3.8, 4) is 0 Å². The highest BCUT2D eigenvalue weighted by molar-refractivity contribution is 7.89. The predicted molar refractivity (Wildman–Crippen MR) is 104 cm³/mol. The molecule has 148 valence electrons. The molecule has 1 heterocycles. The van der Waals surface area contributed by atoms with Crippen LogP contribution in [0.4, 0.5) is 5.69 Å². The molecule has 8 nitrogen and oxygen atoms in total. The fraction of sp³-hybridized carbons (Fsp3) is 0.316. The zero-order valence-electron chi connectivity index (χ0n) is 15.7. The number of sulfonamides is 1.